The Kier molecular flexibility index (Phi) is 10.3. The van der Waals surface area contributed by atoms with Crippen LogP contribution in [-0.2, 0) is 20.7 Å². The lowest BCUT2D eigenvalue weighted by Gasteiger charge is -2.66. The monoisotopic (exact) mass is 901 g/mol. The molecule has 8 bridgehead atoms. The number of aryl methyl sites for hydroxylation is 1. The zero-order valence-corrected chi connectivity index (χ0v) is 39.5. The Morgan fingerprint density at radius 3 is 2.44 bits per heavy atom. The number of phenolic OH excluding ortho intramolecular Hbond substituents is 1. The van der Waals surface area contributed by atoms with Gasteiger partial charge in [-0.2, -0.15) is 0 Å². The van der Waals surface area contributed by atoms with Gasteiger partial charge >= 0.3 is 0 Å². The molecular weight excluding hydrogens is 831 g/mol. The van der Waals surface area contributed by atoms with Gasteiger partial charge in [-0.3, -0.25) is 9.59 Å². The van der Waals surface area contributed by atoms with Crippen molar-refractivity contribution in [3.8, 4) is 5.75 Å². The number of ether oxygens (including phenoxy) is 1. The number of nitrogens with zero attached hydrogens (tertiary/aromatic N) is 1. The SMILES string of the molecule is CC(C)[C@@H](C)[C@@H]1O[C@H]1[C@@]1(O)CC=C[C@@H]2C[C@H]3C4=CC(=O)[C@]5(CSSC[C@@H]6CCCC[C@@]67C(=O)N(CC76CCCC6)c6cc(O)cc(c6)CC[C@]26[C@@H]1CC[C@@]46O)C[C@@H](O)[C@@H](O)C[C@]35C. The number of anilines is 1. The first-order valence-corrected chi connectivity index (χ1v) is 27.3. The molecule has 0 radical (unpaired) electrons. The lowest BCUT2D eigenvalue weighted by Crippen LogP contribution is -2.68. The molecular formula is C52H71NO8S2. The summed E-state index contributed by atoms with van der Waals surface area (Å²) in [5.74, 6) is 1.62. The Bertz CT molecular complexity index is 2120. The first kappa shape index (κ1) is 43.7. The molecule has 344 valence electrons. The van der Waals surface area contributed by atoms with E-state index in [9.17, 15) is 25.5 Å². The summed E-state index contributed by atoms with van der Waals surface area (Å²) in [4.78, 5) is 32.9. The molecule has 7 fully saturated rings. The van der Waals surface area contributed by atoms with Crippen molar-refractivity contribution in [3.05, 3.63) is 47.6 Å². The number of hydrogen-bond donors (Lipinski definition) is 5. The van der Waals surface area contributed by atoms with E-state index < -0.39 is 45.1 Å². The van der Waals surface area contributed by atoms with Crippen LogP contribution in [-0.4, -0.2) is 90.9 Å². The number of phenols is 1. The van der Waals surface area contributed by atoms with Gasteiger partial charge in [0, 0.05) is 46.6 Å². The van der Waals surface area contributed by atoms with Gasteiger partial charge in [0.25, 0.3) is 0 Å². The van der Waals surface area contributed by atoms with Crippen LogP contribution < -0.4 is 4.90 Å². The van der Waals surface area contributed by atoms with Crippen LogP contribution in [0.4, 0.5) is 5.69 Å². The molecule has 5 saturated carbocycles. The smallest absolute Gasteiger partial charge is 0.234 e. The van der Waals surface area contributed by atoms with Gasteiger partial charge in [-0.1, -0.05) is 87.1 Å². The van der Waals surface area contributed by atoms with Crippen LogP contribution in [0.3, 0.4) is 0 Å². The normalized spacial score (nSPS) is 48.0. The molecule has 1 aromatic carbocycles. The first-order chi connectivity index (χ1) is 30.0. The van der Waals surface area contributed by atoms with Crippen molar-refractivity contribution in [2.75, 3.05) is 23.0 Å². The van der Waals surface area contributed by atoms with Gasteiger partial charge in [0.05, 0.1) is 34.7 Å². The number of aliphatic hydroxyl groups is 4. The molecule has 0 unspecified atom stereocenters. The number of ketones is 1. The number of amides is 1. The van der Waals surface area contributed by atoms with Crippen molar-refractivity contribution >= 4 is 39.0 Å². The Labute approximate surface area is 382 Å². The van der Waals surface area contributed by atoms with E-state index in [4.69, 9.17) is 4.74 Å². The van der Waals surface area contributed by atoms with Crippen molar-refractivity contribution < 1.29 is 39.9 Å². The average Bonchev–Trinajstić information content (AvgIpc) is 3.75. The van der Waals surface area contributed by atoms with Crippen LogP contribution in [0, 0.1) is 62.6 Å². The third-order valence-electron chi connectivity index (χ3n) is 20.9. The highest BCUT2D eigenvalue weighted by molar-refractivity contribution is 8.76. The van der Waals surface area contributed by atoms with Gasteiger partial charge in [0.15, 0.2) is 5.78 Å². The second kappa shape index (κ2) is 14.8. The van der Waals surface area contributed by atoms with Gasteiger partial charge in [0.2, 0.25) is 5.91 Å². The minimum absolute atomic E-state index is 0.0623. The maximum Gasteiger partial charge on any atom is 0.234 e. The summed E-state index contributed by atoms with van der Waals surface area (Å²) >= 11 is 0. The molecule has 5 heterocycles. The second-order valence-electron chi connectivity index (χ2n) is 23.3. The van der Waals surface area contributed by atoms with E-state index in [0.29, 0.717) is 56.7 Å². The van der Waals surface area contributed by atoms with Gasteiger partial charge in [0.1, 0.15) is 17.5 Å². The average molecular weight is 902 g/mol. The summed E-state index contributed by atoms with van der Waals surface area (Å²) in [6.45, 7) is 9.43. The van der Waals surface area contributed by atoms with Crippen LogP contribution in [0.25, 0.3) is 0 Å². The maximum atomic E-state index is 15.5. The molecule has 2 saturated heterocycles. The fourth-order valence-corrected chi connectivity index (χ4v) is 20.5. The molecule has 1 amide bonds. The number of allylic oxidation sites excluding steroid dienone is 2. The predicted molar refractivity (Wildman–Crippen MR) is 247 cm³/mol. The third kappa shape index (κ3) is 5.74. The van der Waals surface area contributed by atoms with Crippen LogP contribution in [0.15, 0.2) is 42.0 Å². The number of carbonyl (C=O) groups is 2. The van der Waals surface area contributed by atoms with Crippen LogP contribution >= 0.6 is 21.6 Å². The number of carbonyl (C=O) groups excluding carboxylic acids is 2. The number of aromatic hydroxyl groups is 1. The highest BCUT2D eigenvalue weighted by Crippen LogP contribution is 2.76. The zero-order chi connectivity index (χ0) is 44.1. The van der Waals surface area contributed by atoms with Crippen molar-refractivity contribution in [1.29, 1.82) is 0 Å². The molecule has 4 spiro atoms. The molecule has 11 heteroatoms. The Morgan fingerprint density at radius 2 is 1.67 bits per heavy atom. The molecule has 63 heavy (non-hydrogen) atoms. The summed E-state index contributed by atoms with van der Waals surface area (Å²) in [6, 6.07) is 5.73. The van der Waals surface area contributed by atoms with Gasteiger partial charge in [-0.15, -0.1) is 0 Å². The number of rotatable bonds is 3. The molecule has 1 aromatic rings. The lowest BCUT2D eigenvalue weighted by atomic mass is 9.39. The van der Waals surface area contributed by atoms with E-state index in [0.717, 1.165) is 73.9 Å². The van der Waals surface area contributed by atoms with Gasteiger partial charge < -0.3 is 35.2 Å². The summed E-state index contributed by atoms with van der Waals surface area (Å²) in [5.41, 5.74) is -3.48. The molecule has 7 aliphatic carbocycles. The third-order valence-corrected chi connectivity index (χ3v) is 23.5. The molecule has 5 aliphatic heterocycles. The van der Waals surface area contributed by atoms with Gasteiger partial charge in [-0.25, -0.2) is 0 Å². The summed E-state index contributed by atoms with van der Waals surface area (Å²) in [5, 5.41) is 62.0. The molecule has 0 aromatic heterocycles. The molecule has 5 N–H and O–H groups in total. The quantitative estimate of drug-likeness (QED) is 0.114. The molecule has 9 nitrogen and oxygen atoms in total. The molecule has 15 atom stereocenters. The van der Waals surface area contributed by atoms with Crippen molar-refractivity contribution in [2.45, 2.75) is 166 Å². The number of benzene rings is 1. The van der Waals surface area contributed by atoms with Crippen LogP contribution in [0.1, 0.15) is 130 Å². The second-order valence-corrected chi connectivity index (χ2v) is 25.8. The van der Waals surface area contributed by atoms with Crippen molar-refractivity contribution in [2.24, 2.45) is 62.6 Å². The minimum Gasteiger partial charge on any atom is -0.508 e. The van der Waals surface area contributed by atoms with E-state index in [1.165, 1.54) is 0 Å². The number of fused-ring (bicyclic) bond motifs is 1. The van der Waals surface area contributed by atoms with Crippen LogP contribution in [0.2, 0.25) is 0 Å². The number of aliphatic hydroxyl groups excluding tert-OH is 2. The molecule has 12 aliphatic rings. The minimum atomic E-state index is -1.44. The lowest BCUT2D eigenvalue weighted by molar-refractivity contribution is -0.194. The Balaban J connectivity index is 1.09. The predicted octanol–water partition coefficient (Wildman–Crippen LogP) is 8.33. The fraction of sp³-hybridized carbons (Fsp3) is 0.769. The largest absolute Gasteiger partial charge is 0.508 e. The topological polar surface area (TPSA) is 151 Å². The fourth-order valence-electron chi connectivity index (χ4n) is 17.3. The number of epoxide rings is 1. The highest BCUT2D eigenvalue weighted by atomic mass is 33.1. The highest BCUT2D eigenvalue weighted by Gasteiger charge is 2.77. The maximum absolute atomic E-state index is 15.5. The summed E-state index contributed by atoms with van der Waals surface area (Å²) in [7, 11) is 3.49. The zero-order valence-electron chi connectivity index (χ0n) is 37.9. The van der Waals surface area contributed by atoms with Crippen LogP contribution in [0.5, 0.6) is 5.75 Å². The van der Waals surface area contributed by atoms with E-state index in [1.54, 1.807) is 33.7 Å². The Morgan fingerprint density at radius 1 is 0.905 bits per heavy atom. The van der Waals surface area contributed by atoms with Crippen molar-refractivity contribution in [3.63, 3.8) is 0 Å². The van der Waals surface area contributed by atoms with Crippen molar-refractivity contribution in [1.82, 2.24) is 0 Å². The summed E-state index contributed by atoms with van der Waals surface area (Å²) in [6.07, 6.45) is 15.5. The standard InChI is InChI=1S/C52H71NO8S2/c1-30(2)31(3)43-44(61-43)51(59)17-9-11-33-22-37-38-24-42(57)48(26-40(56)39(55)25-46(37,48)4)29-63-62-27-34-10-5-6-16-50(34)45(58)53(28-47(50)14-7-8-15-47)35-20-32(21-36(54)23-35)12-18-49(33)41(51)13-19-52(38,49)60/h9,11,20-21,23-24,30-31,33-34,37,39-41,43-44,54-56,59-60H,5-8,10,12-19,22,25-29H2,1-4H3/t31-,33-,34+,37+,39+,40-,41+,43+,44-,46-,48-,49-,50+,51-,52-/m1/s1. The van der Waals surface area contributed by atoms with E-state index in [1.807, 2.05) is 11.0 Å². The van der Waals surface area contributed by atoms with E-state index >= 15 is 9.59 Å². The molecule has 13 rings (SSSR count). The Hall–Kier alpha value is -1.86. The van der Waals surface area contributed by atoms with Gasteiger partial charge in [-0.05, 0) is 141 Å². The van der Waals surface area contributed by atoms with E-state index in [2.05, 4.69) is 45.9 Å². The first-order valence-electron chi connectivity index (χ1n) is 24.8. The number of hydrogen-bond acceptors (Lipinski definition) is 10. The van der Waals surface area contributed by atoms with E-state index in [-0.39, 0.29) is 77.5 Å². The summed E-state index contributed by atoms with van der Waals surface area (Å²) < 4.78 is 6.52.